The Hall–Kier alpha value is -2.65. The van der Waals surface area contributed by atoms with Gasteiger partial charge in [0.15, 0.2) is 0 Å². The molecule has 0 bridgehead atoms. The quantitative estimate of drug-likeness (QED) is 0.513. The van der Waals surface area contributed by atoms with Gasteiger partial charge in [0.05, 0.1) is 11.9 Å². The second-order valence-corrected chi connectivity index (χ2v) is 11.7. The summed E-state index contributed by atoms with van der Waals surface area (Å²) in [7, 11) is -3.86. The first kappa shape index (κ1) is 27.9. The molecule has 2 amide bonds. The van der Waals surface area contributed by atoms with E-state index in [0.717, 1.165) is 42.7 Å². The number of rotatable bonds is 9. The van der Waals surface area contributed by atoms with Gasteiger partial charge >= 0.3 is 0 Å². The Morgan fingerprint density at radius 2 is 1.81 bits per heavy atom. The summed E-state index contributed by atoms with van der Waals surface area (Å²) in [5.41, 5.74) is 1.11. The van der Waals surface area contributed by atoms with Gasteiger partial charge in [-0.1, -0.05) is 49.1 Å². The molecule has 1 saturated carbocycles. The molecule has 2 aromatic rings. The van der Waals surface area contributed by atoms with E-state index in [1.165, 1.54) is 17.0 Å². The van der Waals surface area contributed by atoms with E-state index >= 15 is 0 Å². The van der Waals surface area contributed by atoms with Crippen LogP contribution < -0.4 is 9.62 Å². The van der Waals surface area contributed by atoms with E-state index in [0.29, 0.717) is 16.3 Å². The lowest BCUT2D eigenvalue weighted by Gasteiger charge is -2.33. The standard InChI is InChI=1S/C26H33ClFN3O4S/c1-18-15-21(27)13-14-24(18)31(36(3,34)35)17-25(32)30(16-20-9-7-8-12-23(20)28)19(2)26(33)29-22-10-5-4-6-11-22/h7-9,12-15,19,22H,4-6,10-11,16-17H2,1-3H3,(H,29,33)/t19-/m0/s1. The molecule has 1 N–H and O–H groups in total. The van der Waals surface area contributed by atoms with Crippen LogP contribution in [0.3, 0.4) is 0 Å². The molecule has 1 fully saturated rings. The summed E-state index contributed by atoms with van der Waals surface area (Å²) in [6, 6.07) is 9.79. The molecule has 2 aromatic carbocycles. The number of carbonyl (C=O) groups excluding carboxylic acids is 2. The van der Waals surface area contributed by atoms with Crippen molar-refractivity contribution in [3.8, 4) is 0 Å². The van der Waals surface area contributed by atoms with Crippen LogP contribution in [0.5, 0.6) is 0 Å². The fourth-order valence-electron chi connectivity index (χ4n) is 4.45. The van der Waals surface area contributed by atoms with Gasteiger partial charge < -0.3 is 10.2 Å². The molecule has 0 radical (unpaired) electrons. The Labute approximate surface area is 217 Å². The molecular weight excluding hydrogens is 505 g/mol. The first-order chi connectivity index (χ1) is 17.0. The number of amides is 2. The SMILES string of the molecule is Cc1cc(Cl)ccc1N(CC(=O)N(Cc1ccccc1F)[C@@H](C)C(=O)NC1CCCCC1)S(C)(=O)=O. The summed E-state index contributed by atoms with van der Waals surface area (Å²) in [5, 5.41) is 3.45. The summed E-state index contributed by atoms with van der Waals surface area (Å²) >= 11 is 6.03. The molecule has 10 heteroatoms. The first-order valence-corrected chi connectivity index (χ1v) is 14.3. The van der Waals surface area contributed by atoms with Gasteiger partial charge in [-0.2, -0.15) is 0 Å². The highest BCUT2D eigenvalue weighted by atomic mass is 35.5. The zero-order valence-electron chi connectivity index (χ0n) is 20.8. The highest BCUT2D eigenvalue weighted by molar-refractivity contribution is 7.92. The van der Waals surface area contributed by atoms with Crippen LogP contribution in [0.2, 0.25) is 5.02 Å². The molecule has 1 aliphatic rings. The van der Waals surface area contributed by atoms with E-state index in [9.17, 15) is 22.4 Å². The molecule has 0 unspecified atom stereocenters. The predicted octanol–water partition coefficient (Wildman–Crippen LogP) is 4.42. The van der Waals surface area contributed by atoms with Crippen molar-refractivity contribution in [2.75, 3.05) is 17.1 Å². The molecule has 1 atom stereocenters. The van der Waals surface area contributed by atoms with Crippen LogP contribution in [0, 0.1) is 12.7 Å². The maximum absolute atomic E-state index is 14.5. The van der Waals surface area contributed by atoms with Crippen molar-refractivity contribution >= 4 is 39.1 Å². The Kier molecular flexibility index (Phi) is 9.35. The first-order valence-electron chi connectivity index (χ1n) is 12.0. The van der Waals surface area contributed by atoms with Crippen molar-refractivity contribution < 1.29 is 22.4 Å². The highest BCUT2D eigenvalue weighted by Crippen LogP contribution is 2.26. The molecule has 0 aliphatic heterocycles. The lowest BCUT2D eigenvalue weighted by Crippen LogP contribution is -2.53. The minimum atomic E-state index is -3.86. The fraction of sp³-hybridized carbons (Fsp3) is 0.462. The van der Waals surface area contributed by atoms with E-state index in [1.807, 2.05) is 0 Å². The predicted molar refractivity (Wildman–Crippen MR) is 140 cm³/mol. The average molecular weight is 538 g/mol. The number of aryl methyl sites for hydroxylation is 1. The van der Waals surface area contributed by atoms with Crippen LogP contribution in [0.4, 0.5) is 10.1 Å². The Balaban J connectivity index is 1.90. The normalized spacial score (nSPS) is 15.2. The lowest BCUT2D eigenvalue weighted by atomic mass is 9.95. The van der Waals surface area contributed by atoms with Gasteiger partial charge in [0, 0.05) is 23.2 Å². The van der Waals surface area contributed by atoms with Gasteiger partial charge in [-0.25, -0.2) is 12.8 Å². The monoisotopic (exact) mass is 537 g/mol. The van der Waals surface area contributed by atoms with Crippen LogP contribution in [0.25, 0.3) is 0 Å². The molecule has 0 heterocycles. The number of nitrogens with one attached hydrogen (secondary N) is 1. The van der Waals surface area contributed by atoms with Crippen molar-refractivity contribution in [1.29, 1.82) is 0 Å². The van der Waals surface area contributed by atoms with Gasteiger partial charge in [0.2, 0.25) is 21.8 Å². The molecule has 196 valence electrons. The molecule has 7 nitrogen and oxygen atoms in total. The number of hydrogen-bond acceptors (Lipinski definition) is 4. The van der Waals surface area contributed by atoms with Crippen LogP contribution in [-0.4, -0.2) is 50.0 Å². The number of anilines is 1. The van der Waals surface area contributed by atoms with E-state index in [2.05, 4.69) is 5.32 Å². The number of carbonyl (C=O) groups is 2. The van der Waals surface area contributed by atoms with Crippen LogP contribution in [-0.2, 0) is 26.2 Å². The number of benzene rings is 2. The molecule has 1 aliphatic carbocycles. The third-order valence-corrected chi connectivity index (χ3v) is 7.89. The summed E-state index contributed by atoms with van der Waals surface area (Å²) in [6.07, 6.45) is 5.94. The third kappa shape index (κ3) is 7.20. The third-order valence-electron chi connectivity index (χ3n) is 6.52. The van der Waals surface area contributed by atoms with E-state index in [4.69, 9.17) is 11.6 Å². The Bertz CT molecular complexity index is 1200. The second-order valence-electron chi connectivity index (χ2n) is 9.33. The van der Waals surface area contributed by atoms with Gasteiger partial charge in [0.25, 0.3) is 0 Å². The van der Waals surface area contributed by atoms with Crippen molar-refractivity contribution in [2.45, 2.75) is 64.6 Å². The summed E-state index contributed by atoms with van der Waals surface area (Å²) in [4.78, 5) is 28.0. The number of nitrogens with zero attached hydrogens (tertiary/aromatic N) is 2. The van der Waals surface area contributed by atoms with Crippen LogP contribution in [0.15, 0.2) is 42.5 Å². The molecule has 0 saturated heterocycles. The van der Waals surface area contributed by atoms with Crippen molar-refractivity contribution in [3.05, 3.63) is 64.4 Å². The minimum absolute atomic E-state index is 0.0309. The lowest BCUT2D eigenvalue weighted by molar-refractivity contribution is -0.139. The second kappa shape index (κ2) is 12.1. The van der Waals surface area contributed by atoms with E-state index in [-0.39, 0.29) is 24.1 Å². The number of sulfonamides is 1. The minimum Gasteiger partial charge on any atom is -0.352 e. The van der Waals surface area contributed by atoms with Crippen LogP contribution >= 0.6 is 11.6 Å². The topological polar surface area (TPSA) is 86.8 Å². The van der Waals surface area contributed by atoms with Gasteiger partial charge in [-0.3, -0.25) is 13.9 Å². The number of halogens is 2. The number of hydrogen-bond donors (Lipinski definition) is 1. The smallest absolute Gasteiger partial charge is 0.244 e. The largest absolute Gasteiger partial charge is 0.352 e. The Morgan fingerprint density at radius 3 is 2.42 bits per heavy atom. The summed E-state index contributed by atoms with van der Waals surface area (Å²) in [5.74, 6) is -1.48. The zero-order chi connectivity index (χ0) is 26.5. The molecule has 36 heavy (non-hydrogen) atoms. The molecule has 3 rings (SSSR count). The summed E-state index contributed by atoms with van der Waals surface area (Å²) < 4.78 is 40.9. The molecular formula is C26H33ClFN3O4S. The molecule has 0 aromatic heterocycles. The van der Waals surface area contributed by atoms with Crippen molar-refractivity contribution in [2.24, 2.45) is 0 Å². The van der Waals surface area contributed by atoms with Crippen molar-refractivity contribution in [3.63, 3.8) is 0 Å². The van der Waals surface area contributed by atoms with Gasteiger partial charge in [-0.05, 0) is 56.5 Å². The van der Waals surface area contributed by atoms with Gasteiger partial charge in [-0.15, -0.1) is 0 Å². The fourth-order valence-corrected chi connectivity index (χ4v) is 5.59. The van der Waals surface area contributed by atoms with Crippen molar-refractivity contribution in [1.82, 2.24) is 10.2 Å². The van der Waals surface area contributed by atoms with Gasteiger partial charge in [0.1, 0.15) is 18.4 Å². The zero-order valence-corrected chi connectivity index (χ0v) is 22.4. The molecule has 0 spiro atoms. The van der Waals surface area contributed by atoms with Crippen LogP contribution in [0.1, 0.15) is 50.2 Å². The maximum Gasteiger partial charge on any atom is 0.244 e. The van der Waals surface area contributed by atoms with E-state index in [1.54, 1.807) is 44.2 Å². The maximum atomic E-state index is 14.5. The average Bonchev–Trinajstić information content (AvgIpc) is 2.82. The Morgan fingerprint density at radius 1 is 1.14 bits per heavy atom. The summed E-state index contributed by atoms with van der Waals surface area (Å²) in [6.45, 7) is 2.55. The van der Waals surface area contributed by atoms with E-state index < -0.39 is 34.3 Å². The highest BCUT2D eigenvalue weighted by Gasteiger charge is 2.32.